The van der Waals surface area contributed by atoms with Crippen LogP contribution in [0.2, 0.25) is 0 Å². The van der Waals surface area contributed by atoms with E-state index in [2.05, 4.69) is 16.6 Å². The van der Waals surface area contributed by atoms with Crippen molar-refractivity contribution in [2.45, 2.75) is 38.8 Å². The van der Waals surface area contributed by atoms with Crippen molar-refractivity contribution >= 4 is 5.91 Å². The van der Waals surface area contributed by atoms with Gasteiger partial charge < -0.3 is 15.1 Å². The molecule has 0 aliphatic rings. The third kappa shape index (κ3) is 5.07. The van der Waals surface area contributed by atoms with Gasteiger partial charge in [0.15, 0.2) is 0 Å². The molecule has 0 spiro atoms. The Kier molecular flexibility index (Phi) is 6.03. The third-order valence-corrected chi connectivity index (χ3v) is 2.70. The summed E-state index contributed by atoms with van der Waals surface area (Å²) in [6.45, 7) is 4.15. The van der Waals surface area contributed by atoms with Gasteiger partial charge in [-0.3, -0.25) is 4.79 Å². The third-order valence-electron chi connectivity index (χ3n) is 2.70. The van der Waals surface area contributed by atoms with E-state index in [9.17, 15) is 4.79 Å². The molecule has 0 bridgehead atoms. The maximum absolute atomic E-state index is 11.6. The van der Waals surface area contributed by atoms with Crippen molar-refractivity contribution in [2.24, 2.45) is 0 Å². The number of amides is 1. The standard InChI is InChI=1S/C14H20N2O2/c1-4-9-15-14(17)12(3)16-11(2)7-8-13-6-5-10-18-13/h1,5-6,10-12,16H,7-9H2,2-3H3,(H,15,17). The number of carbonyl (C=O) groups excluding carboxylic acids is 1. The Hall–Kier alpha value is -1.73. The Bertz CT molecular complexity index is 392. The molecule has 0 saturated heterocycles. The summed E-state index contributed by atoms with van der Waals surface area (Å²) in [6.07, 6.45) is 8.53. The van der Waals surface area contributed by atoms with E-state index in [1.54, 1.807) is 6.26 Å². The van der Waals surface area contributed by atoms with Crippen molar-refractivity contribution < 1.29 is 9.21 Å². The summed E-state index contributed by atoms with van der Waals surface area (Å²) >= 11 is 0. The molecule has 2 atom stereocenters. The van der Waals surface area contributed by atoms with Crippen molar-refractivity contribution in [3.05, 3.63) is 24.2 Å². The SMILES string of the molecule is C#CCNC(=O)C(C)NC(C)CCc1ccco1. The molecule has 1 amide bonds. The van der Waals surface area contributed by atoms with Gasteiger partial charge in [0, 0.05) is 12.5 Å². The number of rotatable bonds is 7. The van der Waals surface area contributed by atoms with Gasteiger partial charge in [0.25, 0.3) is 0 Å². The predicted molar refractivity (Wildman–Crippen MR) is 70.9 cm³/mol. The monoisotopic (exact) mass is 248 g/mol. The number of carbonyl (C=O) groups is 1. The molecule has 0 aliphatic heterocycles. The summed E-state index contributed by atoms with van der Waals surface area (Å²) < 4.78 is 5.26. The number of hydrogen-bond donors (Lipinski definition) is 2. The lowest BCUT2D eigenvalue weighted by atomic mass is 10.1. The van der Waals surface area contributed by atoms with Gasteiger partial charge in [-0.25, -0.2) is 0 Å². The second-order valence-corrected chi connectivity index (χ2v) is 4.33. The number of hydrogen-bond acceptors (Lipinski definition) is 3. The first kappa shape index (κ1) is 14.3. The van der Waals surface area contributed by atoms with E-state index in [1.807, 2.05) is 26.0 Å². The molecule has 0 radical (unpaired) electrons. The van der Waals surface area contributed by atoms with Crippen LogP contribution in [0, 0.1) is 12.3 Å². The van der Waals surface area contributed by atoms with Gasteiger partial charge in [-0.1, -0.05) is 5.92 Å². The van der Waals surface area contributed by atoms with E-state index in [0.29, 0.717) is 0 Å². The smallest absolute Gasteiger partial charge is 0.237 e. The van der Waals surface area contributed by atoms with Crippen molar-refractivity contribution in [1.29, 1.82) is 0 Å². The highest BCUT2D eigenvalue weighted by Gasteiger charge is 2.14. The minimum Gasteiger partial charge on any atom is -0.469 e. The van der Waals surface area contributed by atoms with Crippen LogP contribution < -0.4 is 10.6 Å². The molecule has 0 aliphatic carbocycles. The molecule has 2 N–H and O–H groups in total. The normalized spacial score (nSPS) is 13.6. The van der Waals surface area contributed by atoms with Gasteiger partial charge in [0.05, 0.1) is 18.8 Å². The second kappa shape index (κ2) is 7.57. The summed E-state index contributed by atoms with van der Waals surface area (Å²) in [5, 5.41) is 5.88. The summed E-state index contributed by atoms with van der Waals surface area (Å²) in [5.74, 6) is 3.27. The summed E-state index contributed by atoms with van der Waals surface area (Å²) in [5.41, 5.74) is 0. The van der Waals surface area contributed by atoms with Crippen LogP contribution in [0.1, 0.15) is 26.0 Å². The van der Waals surface area contributed by atoms with Crippen LogP contribution in [0.3, 0.4) is 0 Å². The van der Waals surface area contributed by atoms with E-state index >= 15 is 0 Å². The quantitative estimate of drug-likeness (QED) is 0.716. The average molecular weight is 248 g/mol. The molecule has 1 heterocycles. The summed E-state index contributed by atoms with van der Waals surface area (Å²) in [4.78, 5) is 11.6. The fourth-order valence-corrected chi connectivity index (χ4v) is 1.69. The molecule has 4 nitrogen and oxygen atoms in total. The second-order valence-electron chi connectivity index (χ2n) is 4.33. The first-order chi connectivity index (χ1) is 8.63. The Morgan fingerprint density at radius 1 is 1.56 bits per heavy atom. The molecule has 1 aromatic heterocycles. The van der Waals surface area contributed by atoms with Crippen LogP contribution >= 0.6 is 0 Å². The van der Waals surface area contributed by atoms with Gasteiger partial charge in [-0.2, -0.15) is 0 Å². The van der Waals surface area contributed by atoms with Crippen LogP contribution in [-0.4, -0.2) is 24.5 Å². The highest BCUT2D eigenvalue weighted by molar-refractivity contribution is 5.81. The zero-order chi connectivity index (χ0) is 13.4. The predicted octanol–water partition coefficient (Wildman–Crippen LogP) is 1.33. The summed E-state index contributed by atoms with van der Waals surface area (Å²) in [7, 11) is 0. The Balaban J connectivity index is 2.24. The van der Waals surface area contributed by atoms with Gasteiger partial charge in [-0.05, 0) is 32.4 Å². The molecule has 1 aromatic rings. The van der Waals surface area contributed by atoms with Gasteiger partial charge in [0.2, 0.25) is 5.91 Å². The maximum atomic E-state index is 11.6. The zero-order valence-corrected chi connectivity index (χ0v) is 10.9. The number of aryl methyl sites for hydroxylation is 1. The fraction of sp³-hybridized carbons (Fsp3) is 0.500. The van der Waals surface area contributed by atoms with E-state index in [0.717, 1.165) is 18.6 Å². The molecule has 98 valence electrons. The first-order valence-corrected chi connectivity index (χ1v) is 6.13. The van der Waals surface area contributed by atoms with Crippen LogP contribution in [0.15, 0.2) is 22.8 Å². The molecule has 2 unspecified atom stereocenters. The number of nitrogens with one attached hydrogen (secondary N) is 2. The van der Waals surface area contributed by atoms with Crippen LogP contribution in [0.25, 0.3) is 0 Å². The highest BCUT2D eigenvalue weighted by atomic mass is 16.3. The minimum atomic E-state index is -0.245. The largest absolute Gasteiger partial charge is 0.469 e. The van der Waals surface area contributed by atoms with Crippen molar-refractivity contribution in [1.82, 2.24) is 10.6 Å². The highest BCUT2D eigenvalue weighted by Crippen LogP contribution is 2.06. The fourth-order valence-electron chi connectivity index (χ4n) is 1.69. The molecular weight excluding hydrogens is 228 g/mol. The van der Waals surface area contributed by atoms with E-state index in [-0.39, 0.29) is 24.5 Å². The molecular formula is C14H20N2O2. The van der Waals surface area contributed by atoms with Crippen molar-refractivity contribution in [2.75, 3.05) is 6.54 Å². The molecule has 4 heteroatoms. The zero-order valence-electron chi connectivity index (χ0n) is 10.9. The Morgan fingerprint density at radius 2 is 2.33 bits per heavy atom. The molecule has 18 heavy (non-hydrogen) atoms. The maximum Gasteiger partial charge on any atom is 0.237 e. The van der Waals surface area contributed by atoms with Crippen molar-refractivity contribution in [3.63, 3.8) is 0 Å². The van der Waals surface area contributed by atoms with Crippen LogP contribution in [0.4, 0.5) is 0 Å². The Morgan fingerprint density at radius 3 is 2.94 bits per heavy atom. The average Bonchev–Trinajstić information content (AvgIpc) is 2.86. The topological polar surface area (TPSA) is 54.3 Å². The number of furan rings is 1. The molecule has 0 saturated carbocycles. The van der Waals surface area contributed by atoms with Crippen molar-refractivity contribution in [3.8, 4) is 12.3 Å². The molecule has 0 aromatic carbocycles. The van der Waals surface area contributed by atoms with E-state index < -0.39 is 0 Å². The first-order valence-electron chi connectivity index (χ1n) is 6.13. The lowest BCUT2D eigenvalue weighted by Crippen LogP contribution is -2.45. The molecule has 1 rings (SSSR count). The van der Waals surface area contributed by atoms with Gasteiger partial charge in [0.1, 0.15) is 5.76 Å². The minimum absolute atomic E-state index is 0.0715. The molecule has 0 fully saturated rings. The lowest BCUT2D eigenvalue weighted by Gasteiger charge is -2.18. The van der Waals surface area contributed by atoms with E-state index in [1.165, 1.54) is 0 Å². The van der Waals surface area contributed by atoms with Crippen LogP contribution in [-0.2, 0) is 11.2 Å². The van der Waals surface area contributed by atoms with Crippen LogP contribution in [0.5, 0.6) is 0 Å². The van der Waals surface area contributed by atoms with Gasteiger partial charge >= 0.3 is 0 Å². The number of terminal acetylenes is 1. The lowest BCUT2D eigenvalue weighted by molar-refractivity contribution is -0.122. The van der Waals surface area contributed by atoms with Gasteiger partial charge in [-0.15, -0.1) is 6.42 Å². The Labute approximate surface area is 108 Å². The summed E-state index contributed by atoms with van der Waals surface area (Å²) in [6, 6.07) is 3.82. The van der Waals surface area contributed by atoms with E-state index in [4.69, 9.17) is 10.8 Å².